The van der Waals surface area contributed by atoms with Crippen molar-refractivity contribution in [2.45, 2.75) is 38.1 Å². The number of unbranched alkanes of at least 4 members (excludes halogenated alkanes) is 1. The predicted octanol–water partition coefficient (Wildman–Crippen LogP) is 3.78. The van der Waals surface area contributed by atoms with E-state index in [0.29, 0.717) is 18.5 Å². The molecule has 0 fully saturated rings. The molecule has 0 spiro atoms. The van der Waals surface area contributed by atoms with Crippen LogP contribution < -0.4 is 22.1 Å². The molecule has 2 aromatic carbocycles. The summed E-state index contributed by atoms with van der Waals surface area (Å²) >= 11 is 0. The number of anilines is 4. The topological polar surface area (TPSA) is 113 Å². The van der Waals surface area contributed by atoms with Gasteiger partial charge in [0.15, 0.2) is 0 Å². The lowest BCUT2D eigenvalue weighted by molar-refractivity contribution is -0.142. The molecular formula is C20H28N4O2. The van der Waals surface area contributed by atoms with Gasteiger partial charge in [0.2, 0.25) is 0 Å². The van der Waals surface area contributed by atoms with Gasteiger partial charge in [-0.25, -0.2) is 4.79 Å². The van der Waals surface area contributed by atoms with Gasteiger partial charge in [0.25, 0.3) is 0 Å². The zero-order valence-corrected chi connectivity index (χ0v) is 15.2. The van der Waals surface area contributed by atoms with Gasteiger partial charge >= 0.3 is 5.97 Å². The summed E-state index contributed by atoms with van der Waals surface area (Å²) in [6.07, 6.45) is 2.72. The van der Waals surface area contributed by atoms with Gasteiger partial charge in [0.1, 0.15) is 5.54 Å². The van der Waals surface area contributed by atoms with E-state index in [9.17, 15) is 9.90 Å². The van der Waals surface area contributed by atoms with E-state index < -0.39 is 11.5 Å². The quantitative estimate of drug-likeness (QED) is 0.327. The third kappa shape index (κ3) is 5.31. The van der Waals surface area contributed by atoms with Gasteiger partial charge < -0.3 is 27.2 Å². The molecule has 6 heteroatoms. The molecule has 0 amide bonds. The minimum Gasteiger partial charge on any atom is -0.480 e. The summed E-state index contributed by atoms with van der Waals surface area (Å²) in [4.78, 5) is 11.9. The molecule has 140 valence electrons. The number of nitrogen functional groups attached to an aromatic ring is 2. The number of carboxylic acids is 1. The molecule has 7 N–H and O–H groups in total. The van der Waals surface area contributed by atoms with Gasteiger partial charge in [-0.05, 0) is 74.2 Å². The van der Waals surface area contributed by atoms with Crippen LogP contribution in [0.2, 0.25) is 0 Å². The average molecular weight is 356 g/mol. The highest BCUT2D eigenvalue weighted by atomic mass is 16.4. The molecule has 0 bridgehead atoms. The Hall–Kier alpha value is -2.89. The molecule has 0 aliphatic heterocycles. The second-order valence-electron chi connectivity index (χ2n) is 6.49. The molecule has 0 aromatic heterocycles. The number of carboxylic acid groups (broad SMARTS) is 1. The summed E-state index contributed by atoms with van der Waals surface area (Å²) in [6, 6.07) is 14.7. The van der Waals surface area contributed by atoms with Crippen molar-refractivity contribution in [2.24, 2.45) is 0 Å². The van der Waals surface area contributed by atoms with Gasteiger partial charge in [0.05, 0.1) is 0 Å². The van der Waals surface area contributed by atoms with Gasteiger partial charge in [-0.3, -0.25) is 0 Å². The normalized spacial score (nSPS) is 13.0. The molecule has 0 saturated carbocycles. The number of hydrogen-bond donors (Lipinski definition) is 5. The van der Waals surface area contributed by atoms with Crippen LogP contribution in [0.4, 0.5) is 22.7 Å². The fourth-order valence-electron chi connectivity index (χ4n) is 2.87. The van der Waals surface area contributed by atoms with E-state index in [1.165, 1.54) is 0 Å². The molecule has 26 heavy (non-hydrogen) atoms. The monoisotopic (exact) mass is 356 g/mol. The Morgan fingerprint density at radius 3 is 2.00 bits per heavy atom. The van der Waals surface area contributed by atoms with E-state index in [0.717, 1.165) is 36.4 Å². The maximum Gasteiger partial charge on any atom is 0.329 e. The van der Waals surface area contributed by atoms with Crippen molar-refractivity contribution >= 4 is 28.7 Å². The molecule has 1 unspecified atom stereocenters. The molecule has 0 aliphatic rings. The third-order valence-electron chi connectivity index (χ3n) is 4.58. The summed E-state index contributed by atoms with van der Waals surface area (Å²) in [7, 11) is 0. The summed E-state index contributed by atoms with van der Waals surface area (Å²) in [6.45, 7) is 2.68. The van der Waals surface area contributed by atoms with Crippen LogP contribution in [-0.2, 0) is 4.79 Å². The lowest BCUT2D eigenvalue weighted by Crippen LogP contribution is -2.46. The molecule has 6 nitrogen and oxygen atoms in total. The Morgan fingerprint density at radius 2 is 1.50 bits per heavy atom. The third-order valence-corrected chi connectivity index (χ3v) is 4.58. The van der Waals surface area contributed by atoms with Crippen LogP contribution in [0.15, 0.2) is 48.5 Å². The first kappa shape index (κ1) is 19.4. The number of hydrogen-bond acceptors (Lipinski definition) is 5. The Labute approximate surface area is 154 Å². The van der Waals surface area contributed by atoms with Crippen LogP contribution in [0.3, 0.4) is 0 Å². The highest BCUT2D eigenvalue weighted by Crippen LogP contribution is 2.26. The van der Waals surface area contributed by atoms with Crippen LogP contribution in [0.5, 0.6) is 0 Å². The first-order chi connectivity index (χ1) is 12.4. The lowest BCUT2D eigenvalue weighted by Gasteiger charge is -2.30. The number of nitrogens with two attached hydrogens (primary N) is 2. The van der Waals surface area contributed by atoms with E-state index in [-0.39, 0.29) is 0 Å². The minimum absolute atomic E-state index is 0.498. The first-order valence-electron chi connectivity index (χ1n) is 8.92. The fourth-order valence-corrected chi connectivity index (χ4v) is 2.87. The minimum atomic E-state index is -0.975. The Bertz CT molecular complexity index is 701. The first-order valence-corrected chi connectivity index (χ1v) is 8.92. The Kier molecular flexibility index (Phi) is 6.72. The van der Waals surface area contributed by atoms with E-state index in [2.05, 4.69) is 10.6 Å². The maximum absolute atomic E-state index is 11.9. The number of benzene rings is 2. The van der Waals surface area contributed by atoms with Crippen LogP contribution in [0, 0.1) is 0 Å². The average Bonchev–Trinajstić information content (AvgIpc) is 2.63. The van der Waals surface area contributed by atoms with Crippen molar-refractivity contribution in [3.8, 4) is 0 Å². The van der Waals surface area contributed by atoms with Crippen LogP contribution in [0.1, 0.15) is 32.6 Å². The predicted molar refractivity (Wildman–Crippen MR) is 108 cm³/mol. The number of nitrogens with one attached hydrogen (secondary N) is 2. The number of aliphatic carboxylic acids is 1. The summed E-state index contributed by atoms with van der Waals surface area (Å²) in [5, 5.41) is 16.3. The van der Waals surface area contributed by atoms with Crippen LogP contribution >= 0.6 is 0 Å². The SMILES string of the molecule is CCC(CCCCNc1ccc(N)cc1)(Nc1ccc(N)cc1)C(=O)O. The van der Waals surface area contributed by atoms with E-state index in [1.54, 1.807) is 12.1 Å². The van der Waals surface area contributed by atoms with Crippen molar-refractivity contribution in [1.82, 2.24) is 0 Å². The van der Waals surface area contributed by atoms with E-state index in [4.69, 9.17) is 11.5 Å². The van der Waals surface area contributed by atoms with E-state index in [1.807, 2.05) is 43.3 Å². The number of rotatable bonds is 10. The lowest BCUT2D eigenvalue weighted by atomic mass is 9.89. The second-order valence-corrected chi connectivity index (χ2v) is 6.49. The summed E-state index contributed by atoms with van der Waals surface area (Å²) < 4.78 is 0. The number of carbonyl (C=O) groups is 1. The van der Waals surface area contributed by atoms with Crippen molar-refractivity contribution in [1.29, 1.82) is 0 Å². The van der Waals surface area contributed by atoms with Crippen molar-refractivity contribution < 1.29 is 9.90 Å². The Morgan fingerprint density at radius 1 is 0.962 bits per heavy atom. The highest BCUT2D eigenvalue weighted by Gasteiger charge is 2.35. The standard InChI is InChI=1S/C20H28N4O2/c1-2-20(19(25)26,24-18-11-7-16(22)8-12-18)13-3-4-14-23-17-9-5-15(21)6-10-17/h5-12,23-24H,2-4,13-14,21-22H2,1H3,(H,25,26). The van der Waals surface area contributed by atoms with Gasteiger partial charge in [-0.1, -0.05) is 6.92 Å². The largest absolute Gasteiger partial charge is 0.480 e. The van der Waals surface area contributed by atoms with Gasteiger partial charge in [-0.15, -0.1) is 0 Å². The maximum atomic E-state index is 11.9. The smallest absolute Gasteiger partial charge is 0.329 e. The zero-order chi connectivity index (χ0) is 19.0. The van der Waals surface area contributed by atoms with Crippen molar-refractivity contribution in [3.05, 3.63) is 48.5 Å². The molecule has 0 heterocycles. The molecule has 0 radical (unpaired) electrons. The zero-order valence-electron chi connectivity index (χ0n) is 15.2. The molecule has 2 aromatic rings. The molecule has 0 aliphatic carbocycles. The van der Waals surface area contributed by atoms with Crippen molar-refractivity contribution in [3.63, 3.8) is 0 Å². The molecular weight excluding hydrogens is 328 g/mol. The van der Waals surface area contributed by atoms with Gasteiger partial charge in [-0.2, -0.15) is 0 Å². The Balaban J connectivity index is 1.87. The fraction of sp³-hybridized carbons (Fsp3) is 0.350. The molecule has 2 rings (SSSR count). The molecule has 1 atom stereocenters. The van der Waals surface area contributed by atoms with E-state index >= 15 is 0 Å². The second kappa shape index (κ2) is 8.99. The van der Waals surface area contributed by atoms with Gasteiger partial charge in [0, 0.05) is 29.3 Å². The molecule has 0 saturated heterocycles. The van der Waals surface area contributed by atoms with Crippen molar-refractivity contribution in [2.75, 3.05) is 28.6 Å². The van der Waals surface area contributed by atoms with Crippen LogP contribution in [-0.4, -0.2) is 23.2 Å². The van der Waals surface area contributed by atoms with Crippen LogP contribution in [0.25, 0.3) is 0 Å². The summed E-state index contributed by atoms with van der Waals surface area (Å²) in [5.41, 5.74) is 13.6. The highest BCUT2D eigenvalue weighted by molar-refractivity contribution is 5.82. The summed E-state index contributed by atoms with van der Waals surface area (Å²) in [5.74, 6) is -0.830.